The van der Waals surface area contributed by atoms with Crippen LogP contribution in [0.15, 0.2) is 71.5 Å². The topological polar surface area (TPSA) is 111 Å². The van der Waals surface area contributed by atoms with Gasteiger partial charge < -0.3 is 14.2 Å². The van der Waals surface area contributed by atoms with Gasteiger partial charge in [-0.05, 0) is 36.4 Å². The van der Waals surface area contributed by atoms with Crippen molar-refractivity contribution < 1.29 is 14.1 Å². The molecule has 0 aliphatic carbocycles. The molecule has 0 N–H and O–H groups in total. The number of amides is 1. The Balaban J connectivity index is 1.35. The molecule has 0 bridgehead atoms. The van der Waals surface area contributed by atoms with Crippen LogP contribution in [0.25, 0.3) is 17.1 Å². The predicted molar refractivity (Wildman–Crippen MR) is 125 cm³/mol. The summed E-state index contributed by atoms with van der Waals surface area (Å²) in [6, 6.07) is 15.6. The van der Waals surface area contributed by atoms with Crippen LogP contribution in [0.4, 0.5) is 11.5 Å². The van der Waals surface area contributed by atoms with E-state index in [2.05, 4.69) is 10.1 Å². The molecule has 0 radical (unpaired) electrons. The minimum atomic E-state index is -0.479. The number of halogens is 1. The van der Waals surface area contributed by atoms with Gasteiger partial charge in [-0.1, -0.05) is 17.7 Å². The maximum atomic E-state index is 13.3. The minimum Gasteiger partial charge on any atom is -0.463 e. The van der Waals surface area contributed by atoms with Gasteiger partial charge in [0, 0.05) is 43.3 Å². The Morgan fingerprint density at radius 3 is 2.53 bits per heavy atom. The first kappa shape index (κ1) is 21.7. The Labute approximate surface area is 199 Å². The summed E-state index contributed by atoms with van der Waals surface area (Å²) in [5.74, 6) is 1.04. The lowest BCUT2D eigenvalue weighted by atomic mass is 10.2. The van der Waals surface area contributed by atoms with Crippen molar-refractivity contribution in [3.8, 4) is 17.1 Å². The van der Waals surface area contributed by atoms with Crippen LogP contribution in [-0.4, -0.2) is 56.7 Å². The summed E-state index contributed by atoms with van der Waals surface area (Å²) in [5.41, 5.74) is 1.60. The number of anilines is 1. The number of piperazine rings is 1. The molecule has 11 heteroatoms. The van der Waals surface area contributed by atoms with Gasteiger partial charge in [-0.25, -0.2) is 9.67 Å². The Morgan fingerprint density at radius 1 is 1.06 bits per heavy atom. The van der Waals surface area contributed by atoms with E-state index in [1.807, 2.05) is 23.1 Å². The summed E-state index contributed by atoms with van der Waals surface area (Å²) < 4.78 is 7.21. The number of hydrogen-bond acceptors (Lipinski definition) is 7. The van der Waals surface area contributed by atoms with Gasteiger partial charge in [0.15, 0.2) is 11.5 Å². The molecule has 0 spiro atoms. The summed E-state index contributed by atoms with van der Waals surface area (Å²) in [6.07, 6.45) is 2.81. The summed E-state index contributed by atoms with van der Waals surface area (Å²) in [6.45, 7) is 2.04. The van der Waals surface area contributed by atoms with Gasteiger partial charge in [0.25, 0.3) is 11.6 Å². The van der Waals surface area contributed by atoms with Gasteiger partial charge in [-0.2, -0.15) is 5.10 Å². The molecule has 34 heavy (non-hydrogen) atoms. The number of pyridine rings is 1. The number of carbonyl (C=O) groups excluding carboxylic acids is 1. The molecule has 1 fully saturated rings. The van der Waals surface area contributed by atoms with E-state index in [-0.39, 0.29) is 11.6 Å². The molecule has 1 amide bonds. The zero-order valence-electron chi connectivity index (χ0n) is 17.9. The monoisotopic (exact) mass is 478 g/mol. The first-order valence-corrected chi connectivity index (χ1v) is 10.9. The zero-order valence-corrected chi connectivity index (χ0v) is 18.6. The van der Waals surface area contributed by atoms with Crippen molar-refractivity contribution in [3.05, 3.63) is 87.9 Å². The second-order valence-corrected chi connectivity index (χ2v) is 8.13. The Morgan fingerprint density at radius 2 is 1.88 bits per heavy atom. The van der Waals surface area contributed by atoms with Crippen LogP contribution in [0, 0.1) is 10.1 Å². The number of nitro groups is 1. The third-order valence-corrected chi connectivity index (χ3v) is 5.82. The third-order valence-electron chi connectivity index (χ3n) is 5.59. The van der Waals surface area contributed by atoms with Crippen LogP contribution in [0.1, 0.15) is 10.5 Å². The lowest BCUT2D eigenvalue weighted by molar-refractivity contribution is -0.385. The van der Waals surface area contributed by atoms with E-state index >= 15 is 0 Å². The standard InChI is InChI=1S/C23H19ClN6O4/c24-16-3-1-4-17(13-16)29-20(21-5-2-12-34-21)14-19(26-29)23(31)28-10-8-27(9-11-28)22-7-6-18(15-25-22)30(32)33/h1-7,12-15H,8-11H2. The fraction of sp³-hybridized carbons (Fsp3) is 0.174. The number of nitrogens with zero attached hydrogens (tertiary/aromatic N) is 6. The lowest BCUT2D eigenvalue weighted by Gasteiger charge is -2.35. The van der Waals surface area contributed by atoms with Crippen molar-refractivity contribution >= 4 is 29.0 Å². The Hall–Kier alpha value is -4.18. The second kappa shape index (κ2) is 8.99. The lowest BCUT2D eigenvalue weighted by Crippen LogP contribution is -2.49. The summed E-state index contributed by atoms with van der Waals surface area (Å²) in [5, 5.41) is 16.0. The molecule has 1 aliphatic rings. The summed E-state index contributed by atoms with van der Waals surface area (Å²) in [4.78, 5) is 31.5. The van der Waals surface area contributed by atoms with E-state index in [4.69, 9.17) is 16.0 Å². The highest BCUT2D eigenvalue weighted by molar-refractivity contribution is 6.30. The van der Waals surface area contributed by atoms with E-state index in [1.165, 1.54) is 12.3 Å². The Bertz CT molecular complexity index is 1330. The number of hydrogen-bond donors (Lipinski definition) is 0. The SMILES string of the molecule is O=C(c1cc(-c2ccco2)n(-c2cccc(Cl)c2)n1)N1CCN(c2ccc([N+](=O)[O-])cn2)CC1. The maximum Gasteiger partial charge on any atom is 0.287 e. The van der Waals surface area contributed by atoms with Crippen molar-refractivity contribution in [2.24, 2.45) is 0 Å². The quantitative estimate of drug-likeness (QED) is 0.314. The van der Waals surface area contributed by atoms with E-state index in [1.54, 1.807) is 46.2 Å². The summed E-state index contributed by atoms with van der Waals surface area (Å²) in [7, 11) is 0. The van der Waals surface area contributed by atoms with Gasteiger partial charge in [0.2, 0.25) is 0 Å². The average Bonchev–Trinajstić information content (AvgIpc) is 3.54. The number of rotatable bonds is 5. The molecule has 5 rings (SSSR count). The largest absolute Gasteiger partial charge is 0.463 e. The van der Waals surface area contributed by atoms with Gasteiger partial charge >= 0.3 is 0 Å². The molecule has 4 aromatic rings. The number of aromatic nitrogens is 3. The normalized spacial score (nSPS) is 13.8. The molecular weight excluding hydrogens is 460 g/mol. The molecule has 1 aliphatic heterocycles. The van der Waals surface area contributed by atoms with Crippen LogP contribution in [-0.2, 0) is 0 Å². The van der Waals surface area contributed by atoms with Crippen LogP contribution >= 0.6 is 11.6 Å². The van der Waals surface area contributed by atoms with Crippen LogP contribution < -0.4 is 4.90 Å². The van der Waals surface area contributed by atoms with Gasteiger partial charge in [0.05, 0.1) is 16.9 Å². The molecule has 10 nitrogen and oxygen atoms in total. The number of carbonyl (C=O) groups is 1. The smallest absolute Gasteiger partial charge is 0.287 e. The number of benzene rings is 1. The minimum absolute atomic E-state index is 0.0554. The van der Waals surface area contributed by atoms with Gasteiger partial charge in [-0.3, -0.25) is 14.9 Å². The maximum absolute atomic E-state index is 13.3. The van der Waals surface area contributed by atoms with Gasteiger partial charge in [-0.15, -0.1) is 0 Å². The third kappa shape index (κ3) is 4.23. The average molecular weight is 479 g/mol. The molecule has 0 atom stereocenters. The van der Waals surface area contributed by atoms with E-state index < -0.39 is 4.92 Å². The second-order valence-electron chi connectivity index (χ2n) is 7.69. The molecular formula is C23H19ClN6O4. The molecule has 4 heterocycles. The molecule has 0 saturated carbocycles. The molecule has 0 unspecified atom stereocenters. The highest BCUT2D eigenvalue weighted by Gasteiger charge is 2.26. The van der Waals surface area contributed by atoms with Crippen LogP contribution in [0.5, 0.6) is 0 Å². The molecule has 3 aromatic heterocycles. The fourth-order valence-electron chi connectivity index (χ4n) is 3.86. The van der Waals surface area contributed by atoms with Crippen LogP contribution in [0.3, 0.4) is 0 Å². The summed E-state index contributed by atoms with van der Waals surface area (Å²) >= 11 is 6.17. The molecule has 172 valence electrons. The van der Waals surface area contributed by atoms with Crippen LogP contribution in [0.2, 0.25) is 5.02 Å². The predicted octanol–water partition coefficient (Wildman–Crippen LogP) is 4.05. The highest BCUT2D eigenvalue weighted by atomic mass is 35.5. The van der Waals surface area contributed by atoms with Crippen molar-refractivity contribution in [2.75, 3.05) is 31.1 Å². The highest BCUT2D eigenvalue weighted by Crippen LogP contribution is 2.27. The zero-order chi connectivity index (χ0) is 23.7. The first-order chi connectivity index (χ1) is 16.5. The van der Waals surface area contributed by atoms with Crippen molar-refractivity contribution in [1.82, 2.24) is 19.7 Å². The van der Waals surface area contributed by atoms with Crippen molar-refractivity contribution in [1.29, 1.82) is 0 Å². The fourth-order valence-corrected chi connectivity index (χ4v) is 4.05. The molecule has 1 aromatic carbocycles. The number of furan rings is 1. The van der Waals surface area contributed by atoms with Gasteiger partial charge in [0.1, 0.15) is 17.7 Å². The van der Waals surface area contributed by atoms with E-state index in [9.17, 15) is 14.9 Å². The van der Waals surface area contributed by atoms with E-state index in [0.717, 1.165) is 0 Å². The van der Waals surface area contributed by atoms with Crippen molar-refractivity contribution in [3.63, 3.8) is 0 Å². The first-order valence-electron chi connectivity index (χ1n) is 10.5. The molecule has 1 saturated heterocycles. The van der Waals surface area contributed by atoms with Crippen molar-refractivity contribution in [2.45, 2.75) is 0 Å². The Kier molecular flexibility index (Phi) is 5.72. The van der Waals surface area contributed by atoms with E-state index in [0.29, 0.717) is 59.9 Å².